The van der Waals surface area contributed by atoms with Crippen LogP contribution in [-0.4, -0.2) is 42.8 Å². The summed E-state index contributed by atoms with van der Waals surface area (Å²) in [5.41, 5.74) is 4.35. The van der Waals surface area contributed by atoms with Gasteiger partial charge < -0.3 is 15.0 Å². The molecule has 1 amide bonds. The van der Waals surface area contributed by atoms with Crippen LogP contribution in [0.4, 0.5) is 5.82 Å². The summed E-state index contributed by atoms with van der Waals surface area (Å²) in [5, 5.41) is 12.1. The lowest BCUT2D eigenvalue weighted by atomic mass is 9.88. The molecule has 2 heterocycles. The summed E-state index contributed by atoms with van der Waals surface area (Å²) in [4.78, 5) is 15.3. The molecule has 1 N–H and O–H groups in total. The summed E-state index contributed by atoms with van der Waals surface area (Å²) in [6.45, 7) is 2.17. The second-order valence-corrected chi connectivity index (χ2v) is 9.74. The van der Waals surface area contributed by atoms with Gasteiger partial charge in [-0.1, -0.05) is 60.7 Å². The van der Waals surface area contributed by atoms with Gasteiger partial charge in [-0.2, -0.15) is 0 Å². The molecule has 1 aliphatic rings. The normalized spacial score (nSPS) is 15.3. The number of ether oxygens (including phenoxy) is 1. The number of carbonyl (C=O) groups excluding carboxylic acids is 1. The van der Waals surface area contributed by atoms with E-state index in [0.717, 1.165) is 48.6 Å². The van der Waals surface area contributed by atoms with Crippen molar-refractivity contribution in [3.05, 3.63) is 108 Å². The molecule has 0 spiro atoms. The van der Waals surface area contributed by atoms with Crippen molar-refractivity contribution in [3.8, 4) is 17.0 Å². The first-order valence-electron chi connectivity index (χ1n) is 13.3. The molecule has 1 saturated heterocycles. The van der Waals surface area contributed by atoms with Crippen LogP contribution in [0.3, 0.4) is 0 Å². The highest BCUT2D eigenvalue weighted by molar-refractivity contribution is 5.79. The highest BCUT2D eigenvalue weighted by Gasteiger charge is 2.27. The van der Waals surface area contributed by atoms with Gasteiger partial charge in [0.25, 0.3) is 0 Å². The molecule has 1 fully saturated rings. The summed E-state index contributed by atoms with van der Waals surface area (Å²) in [6, 6.07) is 32.8. The van der Waals surface area contributed by atoms with Crippen molar-refractivity contribution < 1.29 is 9.53 Å². The van der Waals surface area contributed by atoms with Crippen molar-refractivity contribution in [2.75, 3.05) is 31.6 Å². The van der Waals surface area contributed by atoms with Gasteiger partial charge in [-0.3, -0.25) is 4.79 Å². The minimum absolute atomic E-state index is 0.0567. The van der Waals surface area contributed by atoms with Crippen LogP contribution in [-0.2, 0) is 4.79 Å². The highest BCUT2D eigenvalue weighted by Crippen LogP contribution is 2.28. The number of piperidine rings is 1. The number of nitrogens with one attached hydrogen (secondary N) is 1. The number of methoxy groups -OCH3 is 1. The summed E-state index contributed by atoms with van der Waals surface area (Å²) < 4.78 is 5.23. The number of carbonyl (C=O) groups is 1. The number of benzene rings is 3. The van der Waals surface area contributed by atoms with Gasteiger partial charge >= 0.3 is 0 Å². The molecule has 1 unspecified atom stereocenters. The lowest BCUT2D eigenvalue weighted by Gasteiger charge is -2.32. The number of hydrogen-bond donors (Lipinski definition) is 1. The number of rotatable bonds is 9. The molecule has 6 heteroatoms. The Bertz CT molecular complexity index is 1260. The van der Waals surface area contributed by atoms with E-state index >= 15 is 0 Å². The van der Waals surface area contributed by atoms with Crippen LogP contribution in [0, 0.1) is 5.92 Å². The topological polar surface area (TPSA) is 67.3 Å². The van der Waals surface area contributed by atoms with Gasteiger partial charge in [-0.25, -0.2) is 0 Å². The highest BCUT2D eigenvalue weighted by atomic mass is 16.5. The van der Waals surface area contributed by atoms with Gasteiger partial charge in [-0.05, 0) is 66.8 Å². The molecule has 0 radical (unpaired) electrons. The van der Waals surface area contributed by atoms with Crippen molar-refractivity contribution in [3.63, 3.8) is 0 Å². The van der Waals surface area contributed by atoms with E-state index in [1.54, 1.807) is 7.11 Å². The molecular weight excluding hydrogens is 472 g/mol. The number of anilines is 1. The Balaban J connectivity index is 1.17. The number of aromatic nitrogens is 2. The Labute approximate surface area is 224 Å². The maximum absolute atomic E-state index is 13.1. The molecule has 194 valence electrons. The van der Waals surface area contributed by atoms with E-state index < -0.39 is 0 Å². The Morgan fingerprint density at radius 1 is 0.921 bits per heavy atom. The average Bonchev–Trinajstić information content (AvgIpc) is 3.00. The third kappa shape index (κ3) is 6.20. The summed E-state index contributed by atoms with van der Waals surface area (Å²) >= 11 is 0. The number of amides is 1. The Morgan fingerprint density at radius 3 is 2.21 bits per heavy atom. The van der Waals surface area contributed by atoms with Gasteiger partial charge in [0, 0.05) is 31.1 Å². The fraction of sp³-hybridized carbons (Fsp3) is 0.281. The Hall–Kier alpha value is -4.19. The minimum atomic E-state index is -0.0567. The van der Waals surface area contributed by atoms with Gasteiger partial charge in [0.1, 0.15) is 5.75 Å². The summed E-state index contributed by atoms with van der Waals surface area (Å²) in [6.07, 6.45) is 2.70. The molecule has 0 saturated carbocycles. The van der Waals surface area contributed by atoms with Crippen LogP contribution in [0.2, 0.25) is 0 Å². The molecule has 5 rings (SSSR count). The van der Waals surface area contributed by atoms with Crippen LogP contribution in [0.25, 0.3) is 11.3 Å². The molecule has 4 aromatic rings. The van der Waals surface area contributed by atoms with Crippen molar-refractivity contribution >= 4 is 11.7 Å². The molecule has 0 aliphatic carbocycles. The largest absolute Gasteiger partial charge is 0.497 e. The lowest BCUT2D eigenvalue weighted by molar-refractivity contribution is -0.125. The zero-order chi connectivity index (χ0) is 26.2. The fourth-order valence-corrected chi connectivity index (χ4v) is 5.19. The van der Waals surface area contributed by atoms with E-state index in [9.17, 15) is 4.79 Å². The average molecular weight is 507 g/mol. The maximum atomic E-state index is 13.1. The van der Waals surface area contributed by atoms with Crippen LogP contribution < -0.4 is 15.0 Å². The molecule has 6 nitrogen and oxygen atoms in total. The van der Waals surface area contributed by atoms with E-state index in [4.69, 9.17) is 4.74 Å². The zero-order valence-corrected chi connectivity index (χ0v) is 21.8. The van der Waals surface area contributed by atoms with Gasteiger partial charge in [0.2, 0.25) is 5.91 Å². The first kappa shape index (κ1) is 25.5. The lowest BCUT2D eigenvalue weighted by Crippen LogP contribution is -2.43. The quantitative estimate of drug-likeness (QED) is 0.315. The van der Waals surface area contributed by atoms with Crippen LogP contribution in [0.5, 0.6) is 5.75 Å². The van der Waals surface area contributed by atoms with E-state index in [0.29, 0.717) is 13.1 Å². The van der Waals surface area contributed by atoms with Gasteiger partial charge in [0.05, 0.1) is 18.7 Å². The van der Waals surface area contributed by atoms with Crippen LogP contribution in [0.15, 0.2) is 97.1 Å². The summed E-state index contributed by atoms with van der Waals surface area (Å²) in [7, 11) is 1.65. The Morgan fingerprint density at radius 2 is 1.61 bits per heavy atom. The predicted molar refractivity (Wildman–Crippen MR) is 151 cm³/mol. The van der Waals surface area contributed by atoms with Gasteiger partial charge in [-0.15, -0.1) is 10.2 Å². The van der Waals surface area contributed by atoms with Crippen LogP contribution >= 0.6 is 0 Å². The van der Waals surface area contributed by atoms with Crippen molar-refractivity contribution in [2.24, 2.45) is 5.92 Å². The second kappa shape index (κ2) is 12.4. The molecule has 1 aliphatic heterocycles. The molecular formula is C32H34N4O2. The molecule has 1 atom stereocenters. The van der Waals surface area contributed by atoms with E-state index in [1.807, 2.05) is 48.5 Å². The van der Waals surface area contributed by atoms with E-state index in [-0.39, 0.29) is 17.7 Å². The molecule has 0 bridgehead atoms. The van der Waals surface area contributed by atoms with Crippen molar-refractivity contribution in [1.29, 1.82) is 0 Å². The van der Waals surface area contributed by atoms with Crippen molar-refractivity contribution in [2.45, 2.75) is 25.2 Å². The van der Waals surface area contributed by atoms with Crippen LogP contribution in [0.1, 0.15) is 36.3 Å². The zero-order valence-electron chi connectivity index (χ0n) is 21.8. The standard InChI is InChI=1S/C32H34N4O2/c1-38-28-16-14-26(15-17-28)30-18-19-31(35-34-30)36-22-8-13-27(23-36)32(37)33-21-20-29(24-9-4-2-5-10-24)25-11-6-3-7-12-25/h2-7,9-12,14-19,27,29H,8,13,20-23H2,1H3,(H,33,37). The SMILES string of the molecule is COc1ccc(-c2ccc(N3CCCC(C(=O)NCCC(c4ccccc4)c4ccccc4)C3)nn2)cc1. The third-order valence-electron chi connectivity index (χ3n) is 7.29. The smallest absolute Gasteiger partial charge is 0.224 e. The van der Waals surface area contributed by atoms with Gasteiger partial charge in [0.15, 0.2) is 5.82 Å². The predicted octanol–water partition coefficient (Wildman–Crippen LogP) is 5.71. The van der Waals surface area contributed by atoms with E-state index in [1.165, 1.54) is 11.1 Å². The number of nitrogens with zero attached hydrogens (tertiary/aromatic N) is 3. The molecule has 3 aromatic carbocycles. The first-order chi connectivity index (χ1) is 18.7. The second-order valence-electron chi connectivity index (χ2n) is 9.74. The molecule has 38 heavy (non-hydrogen) atoms. The minimum Gasteiger partial charge on any atom is -0.497 e. The van der Waals surface area contributed by atoms with Crippen molar-refractivity contribution in [1.82, 2.24) is 15.5 Å². The third-order valence-corrected chi connectivity index (χ3v) is 7.29. The molecule has 1 aromatic heterocycles. The fourth-order valence-electron chi connectivity index (χ4n) is 5.19. The summed E-state index contributed by atoms with van der Waals surface area (Å²) in [5.74, 6) is 1.94. The first-order valence-corrected chi connectivity index (χ1v) is 13.3. The maximum Gasteiger partial charge on any atom is 0.224 e. The monoisotopic (exact) mass is 506 g/mol. The Kier molecular flexibility index (Phi) is 8.29. The number of hydrogen-bond acceptors (Lipinski definition) is 5. The van der Waals surface area contributed by atoms with E-state index in [2.05, 4.69) is 68.9 Å².